The fourth-order valence-corrected chi connectivity index (χ4v) is 2.72. The molecule has 0 aliphatic heterocycles. The van der Waals surface area contributed by atoms with Crippen molar-refractivity contribution in [2.75, 3.05) is 11.9 Å². The standard InChI is InChI=1S/C15H15N5O3S/c1-2-23-13(21)11-9-18-15(24-11)19-14(22)17-8-10-3-5-20-6-4-16-12(20)7-10/h3-7,9H,2,8H2,1H3,(H2,17,18,19,22). The lowest BCUT2D eigenvalue weighted by Crippen LogP contribution is -2.28. The predicted octanol–water partition coefficient (Wildman–Crippen LogP) is 2.29. The first kappa shape index (κ1) is 15.9. The van der Waals surface area contributed by atoms with Gasteiger partial charge in [0.15, 0.2) is 5.13 Å². The van der Waals surface area contributed by atoms with Crippen LogP contribution in [0.5, 0.6) is 0 Å². The summed E-state index contributed by atoms with van der Waals surface area (Å²) in [4.78, 5) is 32.0. The molecule has 0 bridgehead atoms. The Morgan fingerprint density at radius 1 is 1.33 bits per heavy atom. The summed E-state index contributed by atoms with van der Waals surface area (Å²) in [6.07, 6.45) is 6.82. The van der Waals surface area contributed by atoms with Crippen LogP contribution >= 0.6 is 11.3 Å². The second kappa shape index (κ2) is 7.09. The zero-order chi connectivity index (χ0) is 16.9. The van der Waals surface area contributed by atoms with E-state index in [-0.39, 0.29) is 0 Å². The Hall–Kier alpha value is -2.94. The van der Waals surface area contributed by atoms with Crippen molar-refractivity contribution in [1.82, 2.24) is 19.7 Å². The van der Waals surface area contributed by atoms with Crippen molar-refractivity contribution in [2.45, 2.75) is 13.5 Å². The quantitative estimate of drug-likeness (QED) is 0.692. The number of carbonyl (C=O) groups excluding carboxylic acids is 2. The Balaban J connectivity index is 1.54. The number of ether oxygens (including phenoxy) is 1. The van der Waals surface area contributed by atoms with Gasteiger partial charge in [-0.15, -0.1) is 0 Å². The topological polar surface area (TPSA) is 97.6 Å². The highest BCUT2D eigenvalue weighted by Crippen LogP contribution is 2.18. The molecule has 0 fully saturated rings. The SMILES string of the molecule is CCOC(=O)c1cnc(NC(=O)NCc2ccn3ccnc3c2)s1. The van der Waals surface area contributed by atoms with E-state index < -0.39 is 12.0 Å². The molecule has 2 amide bonds. The molecule has 0 radical (unpaired) electrons. The summed E-state index contributed by atoms with van der Waals surface area (Å²) in [5, 5.41) is 5.65. The van der Waals surface area contributed by atoms with E-state index in [1.807, 2.05) is 28.9 Å². The maximum absolute atomic E-state index is 11.9. The molecule has 0 saturated heterocycles. The number of hydrogen-bond donors (Lipinski definition) is 2. The second-order valence-electron chi connectivity index (χ2n) is 4.79. The van der Waals surface area contributed by atoms with E-state index in [0.29, 0.717) is 23.2 Å². The fraction of sp³-hybridized carbons (Fsp3) is 0.200. The lowest BCUT2D eigenvalue weighted by molar-refractivity contribution is 0.0532. The number of carbonyl (C=O) groups is 2. The molecule has 0 saturated carbocycles. The van der Waals surface area contributed by atoms with E-state index in [0.717, 1.165) is 22.5 Å². The number of rotatable bonds is 5. The maximum atomic E-state index is 11.9. The molecule has 3 aromatic rings. The molecule has 24 heavy (non-hydrogen) atoms. The molecule has 9 heteroatoms. The van der Waals surface area contributed by atoms with E-state index in [9.17, 15) is 9.59 Å². The van der Waals surface area contributed by atoms with E-state index in [1.54, 1.807) is 13.1 Å². The predicted molar refractivity (Wildman–Crippen MR) is 89.1 cm³/mol. The average molecular weight is 345 g/mol. The van der Waals surface area contributed by atoms with Crippen molar-refractivity contribution in [3.63, 3.8) is 0 Å². The zero-order valence-corrected chi connectivity index (χ0v) is 13.7. The van der Waals surface area contributed by atoms with Crippen LogP contribution in [0, 0.1) is 0 Å². The van der Waals surface area contributed by atoms with Gasteiger partial charge in [0.05, 0.1) is 12.8 Å². The molecule has 0 aliphatic rings. The van der Waals surface area contributed by atoms with Crippen LogP contribution in [0.4, 0.5) is 9.93 Å². The van der Waals surface area contributed by atoms with Crippen molar-refractivity contribution in [3.8, 4) is 0 Å². The van der Waals surface area contributed by atoms with Gasteiger partial charge >= 0.3 is 12.0 Å². The normalized spacial score (nSPS) is 10.5. The molecule has 8 nitrogen and oxygen atoms in total. The van der Waals surface area contributed by atoms with Crippen LogP contribution in [-0.2, 0) is 11.3 Å². The number of fused-ring (bicyclic) bond motifs is 1. The number of thiazole rings is 1. The molecular weight excluding hydrogens is 330 g/mol. The van der Waals surface area contributed by atoms with Crippen LogP contribution < -0.4 is 10.6 Å². The first-order valence-electron chi connectivity index (χ1n) is 7.25. The van der Waals surface area contributed by atoms with Crippen molar-refractivity contribution < 1.29 is 14.3 Å². The highest BCUT2D eigenvalue weighted by atomic mass is 32.1. The van der Waals surface area contributed by atoms with Crippen molar-refractivity contribution in [2.24, 2.45) is 0 Å². The van der Waals surface area contributed by atoms with E-state index in [1.165, 1.54) is 6.20 Å². The van der Waals surface area contributed by atoms with Crippen molar-refractivity contribution in [1.29, 1.82) is 0 Å². The lowest BCUT2D eigenvalue weighted by Gasteiger charge is -2.06. The average Bonchev–Trinajstić information content (AvgIpc) is 3.21. The van der Waals surface area contributed by atoms with E-state index in [2.05, 4.69) is 20.6 Å². The van der Waals surface area contributed by atoms with E-state index >= 15 is 0 Å². The van der Waals surface area contributed by atoms with Crippen LogP contribution in [-0.4, -0.2) is 33.0 Å². The minimum atomic E-state index is -0.448. The summed E-state index contributed by atoms with van der Waals surface area (Å²) in [6, 6.07) is 3.39. The van der Waals surface area contributed by atoms with Gasteiger partial charge < -0.3 is 14.5 Å². The van der Waals surface area contributed by atoms with Gasteiger partial charge in [-0.3, -0.25) is 5.32 Å². The molecule has 0 spiro atoms. The van der Waals surface area contributed by atoms with Gasteiger partial charge in [0.25, 0.3) is 0 Å². The molecule has 124 valence electrons. The molecule has 3 aromatic heterocycles. The van der Waals surface area contributed by atoms with Crippen LogP contribution in [0.3, 0.4) is 0 Å². The van der Waals surface area contributed by atoms with Crippen LogP contribution in [0.2, 0.25) is 0 Å². The fourth-order valence-electron chi connectivity index (χ4n) is 2.01. The van der Waals surface area contributed by atoms with Crippen LogP contribution in [0.15, 0.2) is 36.9 Å². The minimum Gasteiger partial charge on any atom is -0.462 e. The molecule has 0 aliphatic carbocycles. The summed E-state index contributed by atoms with van der Waals surface area (Å²) >= 11 is 1.06. The number of nitrogens with one attached hydrogen (secondary N) is 2. The lowest BCUT2D eigenvalue weighted by atomic mass is 10.2. The molecule has 3 heterocycles. The third-order valence-electron chi connectivity index (χ3n) is 3.12. The van der Waals surface area contributed by atoms with Gasteiger partial charge in [0, 0.05) is 25.1 Å². The summed E-state index contributed by atoms with van der Waals surface area (Å²) in [6.45, 7) is 2.37. The smallest absolute Gasteiger partial charge is 0.350 e. The highest BCUT2D eigenvalue weighted by molar-refractivity contribution is 7.17. The molecule has 0 atom stereocenters. The Kier molecular flexibility index (Phi) is 4.71. The summed E-state index contributed by atoms with van der Waals surface area (Å²) in [5.74, 6) is -0.448. The third-order valence-corrected chi connectivity index (χ3v) is 4.01. The van der Waals surface area contributed by atoms with Crippen LogP contribution in [0.1, 0.15) is 22.2 Å². The Morgan fingerprint density at radius 2 is 2.21 bits per heavy atom. The Morgan fingerprint density at radius 3 is 3.04 bits per heavy atom. The number of pyridine rings is 1. The number of amides is 2. The first-order valence-corrected chi connectivity index (χ1v) is 8.06. The third kappa shape index (κ3) is 3.69. The highest BCUT2D eigenvalue weighted by Gasteiger charge is 2.12. The molecule has 3 rings (SSSR count). The second-order valence-corrected chi connectivity index (χ2v) is 5.82. The first-order chi connectivity index (χ1) is 11.7. The molecule has 0 unspecified atom stereocenters. The van der Waals surface area contributed by atoms with Gasteiger partial charge in [0.2, 0.25) is 0 Å². The van der Waals surface area contributed by atoms with Crippen molar-refractivity contribution >= 4 is 34.1 Å². The number of urea groups is 1. The van der Waals surface area contributed by atoms with E-state index in [4.69, 9.17) is 4.74 Å². The Labute approximate surface area is 141 Å². The zero-order valence-electron chi connectivity index (χ0n) is 12.9. The molecule has 2 N–H and O–H groups in total. The van der Waals surface area contributed by atoms with Gasteiger partial charge in [-0.25, -0.2) is 19.6 Å². The maximum Gasteiger partial charge on any atom is 0.350 e. The summed E-state index contributed by atoms with van der Waals surface area (Å²) in [7, 11) is 0. The summed E-state index contributed by atoms with van der Waals surface area (Å²) in [5.41, 5.74) is 1.74. The number of hydrogen-bond acceptors (Lipinski definition) is 6. The molecule has 0 aromatic carbocycles. The van der Waals surface area contributed by atoms with Gasteiger partial charge in [-0.05, 0) is 24.6 Å². The number of nitrogens with zero attached hydrogens (tertiary/aromatic N) is 3. The monoisotopic (exact) mass is 345 g/mol. The summed E-state index contributed by atoms with van der Waals surface area (Å²) < 4.78 is 6.76. The number of aromatic nitrogens is 3. The molecular formula is C15H15N5O3S. The number of imidazole rings is 1. The van der Waals surface area contributed by atoms with Crippen LogP contribution in [0.25, 0.3) is 5.65 Å². The van der Waals surface area contributed by atoms with Gasteiger partial charge in [-0.2, -0.15) is 0 Å². The van der Waals surface area contributed by atoms with Gasteiger partial charge in [0.1, 0.15) is 10.5 Å². The van der Waals surface area contributed by atoms with Gasteiger partial charge in [-0.1, -0.05) is 11.3 Å². The van der Waals surface area contributed by atoms with Crippen molar-refractivity contribution in [3.05, 3.63) is 47.4 Å². The minimum absolute atomic E-state index is 0.293. The largest absolute Gasteiger partial charge is 0.462 e. The number of esters is 1. The number of anilines is 1. The Bertz CT molecular complexity index is 873.